The predicted octanol–water partition coefficient (Wildman–Crippen LogP) is 5.70. The van der Waals surface area contributed by atoms with Crippen molar-refractivity contribution in [2.75, 3.05) is 0 Å². The van der Waals surface area contributed by atoms with Crippen LogP contribution in [-0.2, 0) is 6.42 Å². The van der Waals surface area contributed by atoms with Gasteiger partial charge in [0.1, 0.15) is 11.9 Å². The molecule has 3 aromatic rings. The summed E-state index contributed by atoms with van der Waals surface area (Å²) in [5.41, 5.74) is 2.53. The van der Waals surface area contributed by atoms with Crippen LogP contribution < -0.4 is 0 Å². The molecule has 0 spiro atoms. The molecule has 2 aromatic heterocycles. The lowest BCUT2D eigenvalue weighted by Gasteiger charge is -2.17. The molecule has 0 bridgehead atoms. The highest BCUT2D eigenvalue weighted by Gasteiger charge is 2.20. The first-order valence-corrected chi connectivity index (χ1v) is 9.17. The Bertz CT molecular complexity index is 893. The monoisotopic (exact) mass is 391 g/mol. The number of benzene rings is 1. The summed E-state index contributed by atoms with van der Waals surface area (Å²) in [6, 6.07) is 12.2. The molecule has 3 rings (SSSR count). The van der Waals surface area contributed by atoms with Gasteiger partial charge >= 0.3 is 0 Å². The van der Waals surface area contributed by atoms with E-state index in [1.54, 1.807) is 48.8 Å². The number of aromatic nitrogens is 1. The first kappa shape index (κ1) is 18.0. The summed E-state index contributed by atoms with van der Waals surface area (Å²) in [5.74, 6) is 0.00109. The number of nitrogens with zero attached hydrogens (tertiary/aromatic N) is 1. The number of hydrogen-bond acceptors (Lipinski definition) is 4. The highest BCUT2D eigenvalue weighted by atomic mass is 35.5. The van der Waals surface area contributed by atoms with Crippen LogP contribution >= 0.6 is 34.5 Å². The number of rotatable bonds is 5. The van der Waals surface area contributed by atoms with Crippen molar-refractivity contribution in [1.29, 1.82) is 0 Å². The van der Waals surface area contributed by atoms with Crippen LogP contribution in [0.2, 0.25) is 9.36 Å². The minimum Gasteiger partial charge on any atom is -0.507 e. The van der Waals surface area contributed by atoms with E-state index < -0.39 is 6.10 Å². The second kappa shape index (κ2) is 8.02. The number of hydrogen-bond donors (Lipinski definition) is 2. The zero-order chi connectivity index (χ0) is 17.8. The molecule has 128 valence electrons. The van der Waals surface area contributed by atoms with Crippen LogP contribution in [0.15, 0.2) is 65.8 Å². The van der Waals surface area contributed by atoms with Crippen LogP contribution in [0.3, 0.4) is 0 Å². The van der Waals surface area contributed by atoms with Gasteiger partial charge in [0, 0.05) is 40.5 Å². The number of halogens is 2. The zero-order valence-electron chi connectivity index (χ0n) is 13.1. The molecule has 25 heavy (non-hydrogen) atoms. The summed E-state index contributed by atoms with van der Waals surface area (Å²) in [7, 11) is 0. The van der Waals surface area contributed by atoms with Gasteiger partial charge in [0.25, 0.3) is 0 Å². The van der Waals surface area contributed by atoms with E-state index in [0.29, 0.717) is 32.5 Å². The van der Waals surface area contributed by atoms with Gasteiger partial charge in [-0.1, -0.05) is 41.4 Å². The van der Waals surface area contributed by atoms with Crippen molar-refractivity contribution in [3.8, 4) is 0 Å². The molecule has 0 fully saturated rings. The van der Waals surface area contributed by atoms with E-state index in [0.717, 1.165) is 5.56 Å². The third-order valence-electron chi connectivity index (χ3n) is 3.75. The summed E-state index contributed by atoms with van der Waals surface area (Å²) < 4.78 is 0.660. The normalized spacial score (nSPS) is 13.4. The third kappa shape index (κ3) is 4.41. The van der Waals surface area contributed by atoms with Gasteiger partial charge in [0.2, 0.25) is 0 Å². The maximum atomic E-state index is 10.8. The quantitative estimate of drug-likeness (QED) is 0.548. The number of aliphatic hydroxyl groups is 2. The molecule has 0 radical (unpaired) electrons. The van der Waals surface area contributed by atoms with Crippen LogP contribution in [0, 0.1) is 0 Å². The standard InChI is InChI=1S/C19H15Cl2NO2S/c20-15-5-1-3-13(9-15)18(23)16(7-12-8-17(21)25-11-12)19(24)14-4-2-6-22-10-14/h1-6,8-11,19,23-24H,7H2/b18-16+. The number of thiophene rings is 1. The Kier molecular flexibility index (Phi) is 5.76. The molecular weight excluding hydrogens is 377 g/mol. The molecule has 0 aliphatic heterocycles. The molecule has 0 saturated carbocycles. The molecule has 0 aliphatic rings. The fourth-order valence-electron chi connectivity index (χ4n) is 2.53. The minimum atomic E-state index is -0.994. The Balaban J connectivity index is 2.06. The van der Waals surface area contributed by atoms with Gasteiger partial charge in [0.15, 0.2) is 0 Å². The molecule has 0 saturated heterocycles. The zero-order valence-corrected chi connectivity index (χ0v) is 15.4. The van der Waals surface area contributed by atoms with E-state index in [1.165, 1.54) is 11.3 Å². The van der Waals surface area contributed by atoms with Gasteiger partial charge in [-0.15, -0.1) is 11.3 Å². The minimum absolute atomic E-state index is 0.00109. The topological polar surface area (TPSA) is 53.4 Å². The second-order valence-corrected chi connectivity index (χ2v) is 7.49. The molecule has 3 nitrogen and oxygen atoms in total. The molecule has 1 atom stereocenters. The van der Waals surface area contributed by atoms with E-state index in [-0.39, 0.29) is 5.76 Å². The Hall–Kier alpha value is -1.85. The lowest BCUT2D eigenvalue weighted by atomic mass is 9.94. The van der Waals surface area contributed by atoms with Crippen LogP contribution in [-0.4, -0.2) is 15.2 Å². The molecule has 1 aromatic carbocycles. The molecule has 0 aliphatic carbocycles. The average Bonchev–Trinajstić information content (AvgIpc) is 3.04. The Morgan fingerprint density at radius 3 is 2.64 bits per heavy atom. The first-order valence-electron chi connectivity index (χ1n) is 7.53. The molecule has 1 unspecified atom stereocenters. The van der Waals surface area contributed by atoms with Crippen LogP contribution in [0.5, 0.6) is 0 Å². The summed E-state index contributed by atoms with van der Waals surface area (Å²) in [6.07, 6.45) is 2.58. The van der Waals surface area contributed by atoms with Crippen molar-refractivity contribution < 1.29 is 10.2 Å². The van der Waals surface area contributed by atoms with Crippen molar-refractivity contribution in [3.05, 3.63) is 91.9 Å². The fourth-order valence-corrected chi connectivity index (χ4v) is 3.63. The van der Waals surface area contributed by atoms with Gasteiger partial charge in [-0.05, 0) is 35.2 Å². The van der Waals surface area contributed by atoms with Crippen molar-refractivity contribution >= 4 is 40.3 Å². The van der Waals surface area contributed by atoms with Gasteiger partial charge in [0.05, 0.1) is 4.34 Å². The summed E-state index contributed by atoms with van der Waals surface area (Å²) in [5, 5.41) is 24.1. The molecule has 0 amide bonds. The van der Waals surface area contributed by atoms with Crippen molar-refractivity contribution in [2.24, 2.45) is 0 Å². The predicted molar refractivity (Wildman–Crippen MR) is 103 cm³/mol. The molecule has 2 N–H and O–H groups in total. The van der Waals surface area contributed by atoms with Gasteiger partial charge < -0.3 is 10.2 Å². The van der Waals surface area contributed by atoms with Crippen LogP contribution in [0.25, 0.3) is 5.76 Å². The molecule has 6 heteroatoms. The molecular formula is C19H15Cl2NO2S. The lowest BCUT2D eigenvalue weighted by molar-refractivity contribution is 0.210. The highest BCUT2D eigenvalue weighted by Crippen LogP contribution is 2.32. The Morgan fingerprint density at radius 2 is 2.00 bits per heavy atom. The highest BCUT2D eigenvalue weighted by molar-refractivity contribution is 7.14. The number of pyridine rings is 1. The second-order valence-electron chi connectivity index (χ2n) is 5.51. The fraction of sp³-hybridized carbons (Fsp3) is 0.105. The van der Waals surface area contributed by atoms with Crippen molar-refractivity contribution in [1.82, 2.24) is 4.98 Å². The number of aliphatic hydroxyl groups excluding tert-OH is 2. The van der Waals surface area contributed by atoms with Crippen LogP contribution in [0.1, 0.15) is 22.8 Å². The smallest absolute Gasteiger partial charge is 0.125 e. The third-order valence-corrected chi connectivity index (χ3v) is 5.12. The SMILES string of the molecule is O/C(=C(\Cc1csc(Cl)c1)C(O)c1cccnc1)c1cccc(Cl)c1. The van der Waals surface area contributed by atoms with Crippen molar-refractivity contribution in [2.45, 2.75) is 12.5 Å². The van der Waals surface area contributed by atoms with E-state index in [1.807, 2.05) is 11.4 Å². The van der Waals surface area contributed by atoms with E-state index in [9.17, 15) is 10.2 Å². The lowest BCUT2D eigenvalue weighted by Crippen LogP contribution is -2.08. The van der Waals surface area contributed by atoms with Gasteiger partial charge in [-0.3, -0.25) is 4.98 Å². The Labute approximate surface area is 159 Å². The summed E-state index contributed by atoms with van der Waals surface area (Å²) in [4.78, 5) is 4.04. The summed E-state index contributed by atoms with van der Waals surface area (Å²) in [6.45, 7) is 0. The van der Waals surface area contributed by atoms with E-state index >= 15 is 0 Å². The maximum Gasteiger partial charge on any atom is 0.125 e. The Morgan fingerprint density at radius 1 is 1.16 bits per heavy atom. The summed E-state index contributed by atoms with van der Waals surface area (Å²) >= 11 is 13.4. The molecule has 2 heterocycles. The van der Waals surface area contributed by atoms with Gasteiger partial charge in [-0.2, -0.15) is 0 Å². The average molecular weight is 392 g/mol. The van der Waals surface area contributed by atoms with E-state index in [4.69, 9.17) is 23.2 Å². The van der Waals surface area contributed by atoms with E-state index in [2.05, 4.69) is 4.98 Å². The first-order chi connectivity index (χ1) is 12.0. The van der Waals surface area contributed by atoms with Crippen molar-refractivity contribution in [3.63, 3.8) is 0 Å². The largest absolute Gasteiger partial charge is 0.507 e. The maximum absolute atomic E-state index is 10.8. The van der Waals surface area contributed by atoms with Gasteiger partial charge in [-0.25, -0.2) is 0 Å². The van der Waals surface area contributed by atoms with Crippen LogP contribution in [0.4, 0.5) is 0 Å².